The zero-order valence-electron chi connectivity index (χ0n) is 18.7. The van der Waals surface area contributed by atoms with Crippen molar-refractivity contribution >= 4 is 27.7 Å². The molecule has 0 saturated heterocycles. The second-order valence-electron chi connectivity index (χ2n) is 8.48. The van der Waals surface area contributed by atoms with E-state index in [4.69, 9.17) is 9.47 Å². The third-order valence-corrected chi connectivity index (χ3v) is 8.46. The monoisotopic (exact) mass is 490 g/mol. The highest BCUT2D eigenvalue weighted by molar-refractivity contribution is 7.98. The van der Waals surface area contributed by atoms with E-state index in [1.54, 1.807) is 17.8 Å². The van der Waals surface area contributed by atoms with Crippen molar-refractivity contribution in [3.05, 3.63) is 54.1 Å². The molecule has 1 saturated carbocycles. The number of sulfonamides is 1. The van der Waals surface area contributed by atoms with Crippen LogP contribution in [0.2, 0.25) is 0 Å². The number of nitrogens with one attached hydrogen (secondary N) is 2. The first-order valence-electron chi connectivity index (χ1n) is 11.2. The standard InChI is InChI=1S/C24H30N2O5S2/c1-32-15-10-20(23(27)25-17-24(11-5-12-24)18-6-3-2-4-7-18)26-33(28,29)19-8-9-21-22(16-19)31-14-13-30-21/h2-4,6-9,16,20,26H,5,10-15,17H2,1H3,(H,25,27). The average molecular weight is 491 g/mol. The molecule has 0 radical (unpaired) electrons. The smallest absolute Gasteiger partial charge is 0.241 e. The normalized spacial score (nSPS) is 17.6. The zero-order chi connectivity index (χ0) is 23.3. The summed E-state index contributed by atoms with van der Waals surface area (Å²) in [6, 6.07) is 13.8. The summed E-state index contributed by atoms with van der Waals surface area (Å²) in [5, 5.41) is 3.04. The maximum atomic E-state index is 13.1. The molecule has 0 bridgehead atoms. The topological polar surface area (TPSA) is 93.7 Å². The fourth-order valence-electron chi connectivity index (χ4n) is 4.27. The largest absolute Gasteiger partial charge is 0.486 e. The number of rotatable bonds is 10. The number of ether oxygens (including phenoxy) is 2. The molecule has 2 aliphatic rings. The van der Waals surface area contributed by atoms with Crippen LogP contribution in [0.3, 0.4) is 0 Å². The Labute approximate surface area is 199 Å². The van der Waals surface area contributed by atoms with Gasteiger partial charge in [0.2, 0.25) is 15.9 Å². The quantitative estimate of drug-likeness (QED) is 0.532. The minimum atomic E-state index is -3.92. The fourth-order valence-corrected chi connectivity index (χ4v) is 5.98. The molecule has 9 heteroatoms. The lowest BCUT2D eigenvalue weighted by atomic mass is 9.64. The van der Waals surface area contributed by atoms with Crippen molar-refractivity contribution in [3.8, 4) is 11.5 Å². The molecule has 178 valence electrons. The Bertz CT molecular complexity index is 1070. The first-order chi connectivity index (χ1) is 15.9. The molecule has 0 spiro atoms. The summed E-state index contributed by atoms with van der Waals surface area (Å²) in [7, 11) is -3.92. The molecule has 33 heavy (non-hydrogen) atoms. The van der Waals surface area contributed by atoms with E-state index in [1.165, 1.54) is 17.7 Å². The maximum Gasteiger partial charge on any atom is 0.241 e. The molecule has 2 aromatic rings. The molecular formula is C24H30N2O5S2. The van der Waals surface area contributed by atoms with Gasteiger partial charge in [-0.05, 0) is 49.0 Å². The van der Waals surface area contributed by atoms with Crippen molar-refractivity contribution in [2.75, 3.05) is 31.8 Å². The number of hydrogen-bond acceptors (Lipinski definition) is 6. The third kappa shape index (κ3) is 5.47. The van der Waals surface area contributed by atoms with Crippen LogP contribution >= 0.6 is 11.8 Å². The molecule has 1 aliphatic carbocycles. The number of amides is 1. The summed E-state index contributed by atoms with van der Waals surface area (Å²) in [4.78, 5) is 13.2. The van der Waals surface area contributed by atoms with Gasteiger partial charge < -0.3 is 14.8 Å². The van der Waals surface area contributed by atoms with E-state index >= 15 is 0 Å². The van der Waals surface area contributed by atoms with Crippen molar-refractivity contribution < 1.29 is 22.7 Å². The second kappa shape index (κ2) is 10.4. The molecule has 2 aromatic carbocycles. The van der Waals surface area contributed by atoms with Crippen LogP contribution in [0.4, 0.5) is 0 Å². The van der Waals surface area contributed by atoms with Crippen LogP contribution in [0.5, 0.6) is 11.5 Å². The van der Waals surface area contributed by atoms with Crippen LogP contribution in [0.1, 0.15) is 31.2 Å². The van der Waals surface area contributed by atoms with Crippen molar-refractivity contribution in [2.45, 2.75) is 42.0 Å². The highest BCUT2D eigenvalue weighted by atomic mass is 32.2. The Hall–Kier alpha value is -2.23. The predicted molar refractivity (Wildman–Crippen MR) is 130 cm³/mol. The van der Waals surface area contributed by atoms with Gasteiger partial charge in [-0.1, -0.05) is 36.8 Å². The number of carbonyl (C=O) groups excluding carboxylic acids is 1. The molecule has 1 fully saturated rings. The molecule has 1 heterocycles. The van der Waals surface area contributed by atoms with E-state index in [0.29, 0.717) is 43.4 Å². The number of carbonyl (C=O) groups is 1. The van der Waals surface area contributed by atoms with Crippen LogP contribution in [0.25, 0.3) is 0 Å². The average Bonchev–Trinajstić information content (AvgIpc) is 2.81. The third-order valence-electron chi connectivity index (χ3n) is 6.35. The Morgan fingerprint density at radius 3 is 2.48 bits per heavy atom. The van der Waals surface area contributed by atoms with Gasteiger partial charge in [0.15, 0.2) is 11.5 Å². The van der Waals surface area contributed by atoms with Crippen molar-refractivity contribution in [2.24, 2.45) is 0 Å². The van der Waals surface area contributed by atoms with Gasteiger partial charge in [-0.3, -0.25) is 4.79 Å². The molecule has 1 aliphatic heterocycles. The van der Waals surface area contributed by atoms with E-state index in [9.17, 15) is 13.2 Å². The molecule has 7 nitrogen and oxygen atoms in total. The zero-order valence-corrected chi connectivity index (χ0v) is 20.3. The summed E-state index contributed by atoms with van der Waals surface area (Å²) < 4.78 is 39.8. The van der Waals surface area contributed by atoms with Gasteiger partial charge in [0.1, 0.15) is 19.3 Å². The van der Waals surface area contributed by atoms with Gasteiger partial charge in [-0.15, -0.1) is 0 Å². The number of benzene rings is 2. The van der Waals surface area contributed by atoms with Crippen LogP contribution in [-0.4, -0.2) is 52.1 Å². The highest BCUT2D eigenvalue weighted by Gasteiger charge is 2.39. The Kier molecular flexibility index (Phi) is 7.51. The lowest BCUT2D eigenvalue weighted by molar-refractivity contribution is -0.123. The number of hydrogen-bond donors (Lipinski definition) is 2. The fraction of sp³-hybridized carbons (Fsp3) is 0.458. The molecule has 2 N–H and O–H groups in total. The molecular weight excluding hydrogens is 460 g/mol. The van der Waals surface area contributed by atoms with Gasteiger partial charge in [0, 0.05) is 18.0 Å². The Balaban J connectivity index is 1.46. The van der Waals surface area contributed by atoms with Gasteiger partial charge in [0.25, 0.3) is 0 Å². The predicted octanol–water partition coefficient (Wildman–Crippen LogP) is 3.10. The van der Waals surface area contributed by atoms with Crippen LogP contribution in [0, 0.1) is 0 Å². The van der Waals surface area contributed by atoms with Gasteiger partial charge in [-0.25, -0.2) is 8.42 Å². The summed E-state index contributed by atoms with van der Waals surface area (Å²) in [6.45, 7) is 1.29. The number of thioether (sulfide) groups is 1. The Morgan fingerprint density at radius 2 is 1.82 bits per heavy atom. The minimum Gasteiger partial charge on any atom is -0.486 e. The van der Waals surface area contributed by atoms with E-state index in [-0.39, 0.29) is 16.2 Å². The summed E-state index contributed by atoms with van der Waals surface area (Å²) in [6.07, 6.45) is 5.47. The first kappa shape index (κ1) is 23.9. The SMILES string of the molecule is CSCCC(NS(=O)(=O)c1ccc2c(c1)OCCO2)C(=O)NCC1(c2ccccc2)CCC1. The molecule has 0 aromatic heterocycles. The minimum absolute atomic E-state index is 0.0495. The lowest BCUT2D eigenvalue weighted by Gasteiger charge is -2.43. The van der Waals surface area contributed by atoms with Crippen molar-refractivity contribution in [1.82, 2.24) is 10.0 Å². The first-order valence-corrected chi connectivity index (χ1v) is 14.1. The summed E-state index contributed by atoms with van der Waals surface area (Å²) >= 11 is 1.57. The van der Waals surface area contributed by atoms with Crippen LogP contribution < -0.4 is 19.5 Å². The maximum absolute atomic E-state index is 13.1. The molecule has 1 atom stereocenters. The number of fused-ring (bicyclic) bond motifs is 1. The van der Waals surface area contributed by atoms with Gasteiger partial charge in [-0.2, -0.15) is 16.5 Å². The van der Waals surface area contributed by atoms with Gasteiger partial charge >= 0.3 is 0 Å². The van der Waals surface area contributed by atoms with E-state index in [1.807, 2.05) is 24.5 Å². The van der Waals surface area contributed by atoms with Crippen LogP contribution in [-0.2, 0) is 20.2 Å². The van der Waals surface area contributed by atoms with Crippen molar-refractivity contribution in [3.63, 3.8) is 0 Å². The van der Waals surface area contributed by atoms with Crippen molar-refractivity contribution in [1.29, 1.82) is 0 Å². The highest BCUT2D eigenvalue weighted by Crippen LogP contribution is 2.43. The molecule has 1 amide bonds. The summed E-state index contributed by atoms with van der Waals surface area (Å²) in [5.41, 5.74) is 1.14. The summed E-state index contributed by atoms with van der Waals surface area (Å²) in [5.74, 6) is 1.27. The van der Waals surface area contributed by atoms with Gasteiger partial charge in [0.05, 0.1) is 4.90 Å². The lowest BCUT2D eigenvalue weighted by Crippen LogP contribution is -2.52. The van der Waals surface area contributed by atoms with E-state index in [2.05, 4.69) is 22.2 Å². The van der Waals surface area contributed by atoms with E-state index in [0.717, 1.165) is 19.3 Å². The second-order valence-corrected chi connectivity index (χ2v) is 11.2. The Morgan fingerprint density at radius 1 is 1.09 bits per heavy atom. The van der Waals surface area contributed by atoms with Crippen LogP contribution in [0.15, 0.2) is 53.4 Å². The molecule has 4 rings (SSSR count). The molecule has 1 unspecified atom stereocenters. The van der Waals surface area contributed by atoms with E-state index < -0.39 is 16.1 Å².